The predicted octanol–water partition coefficient (Wildman–Crippen LogP) is 2.55. The van der Waals surface area contributed by atoms with E-state index in [0.29, 0.717) is 5.13 Å². The summed E-state index contributed by atoms with van der Waals surface area (Å²) >= 11 is 1.59. The van der Waals surface area contributed by atoms with Crippen LogP contribution in [0, 0.1) is 0 Å². The standard InChI is InChI=1S/C11H17N3OS/c1-11(2,3)14-9(15)13-10-12-7-5-4-6-8(7)16-10/h4-6H2,1-3H3,(H2,12,13,14,15). The second kappa shape index (κ2) is 4.05. The summed E-state index contributed by atoms with van der Waals surface area (Å²) in [5, 5.41) is 6.35. The van der Waals surface area contributed by atoms with Crippen molar-refractivity contribution in [2.45, 2.75) is 45.6 Å². The number of hydrogen-bond donors (Lipinski definition) is 2. The molecule has 0 aliphatic heterocycles. The third-order valence-electron chi connectivity index (χ3n) is 2.30. The number of aromatic nitrogens is 1. The molecule has 0 fully saturated rings. The van der Waals surface area contributed by atoms with Crippen LogP contribution < -0.4 is 10.6 Å². The highest BCUT2D eigenvalue weighted by molar-refractivity contribution is 7.15. The number of urea groups is 1. The molecule has 4 nitrogen and oxygen atoms in total. The molecule has 0 spiro atoms. The maximum Gasteiger partial charge on any atom is 0.321 e. The van der Waals surface area contributed by atoms with Crippen LogP contribution in [0.15, 0.2) is 0 Å². The van der Waals surface area contributed by atoms with Gasteiger partial charge in [-0.25, -0.2) is 9.78 Å². The maximum absolute atomic E-state index is 11.6. The van der Waals surface area contributed by atoms with Crippen molar-refractivity contribution in [1.29, 1.82) is 0 Å². The Hall–Kier alpha value is -1.10. The van der Waals surface area contributed by atoms with E-state index < -0.39 is 0 Å². The Morgan fingerprint density at radius 2 is 2.12 bits per heavy atom. The normalized spacial score (nSPS) is 14.7. The minimum Gasteiger partial charge on any atom is -0.333 e. The molecule has 0 aromatic carbocycles. The number of nitrogens with one attached hydrogen (secondary N) is 2. The summed E-state index contributed by atoms with van der Waals surface area (Å²) in [5.41, 5.74) is 0.945. The van der Waals surface area contributed by atoms with Crippen LogP contribution in [-0.4, -0.2) is 16.6 Å². The zero-order valence-electron chi connectivity index (χ0n) is 9.89. The minimum atomic E-state index is -0.218. The fourth-order valence-electron chi connectivity index (χ4n) is 1.71. The fourth-order valence-corrected chi connectivity index (χ4v) is 2.76. The van der Waals surface area contributed by atoms with Gasteiger partial charge in [-0.15, -0.1) is 11.3 Å². The SMILES string of the molecule is CC(C)(C)NC(=O)Nc1nc2c(s1)CCC2. The molecule has 2 rings (SSSR count). The first-order valence-corrected chi connectivity index (χ1v) is 6.33. The van der Waals surface area contributed by atoms with E-state index in [1.807, 2.05) is 20.8 Å². The summed E-state index contributed by atoms with van der Waals surface area (Å²) < 4.78 is 0. The predicted molar refractivity (Wildman–Crippen MR) is 66.0 cm³/mol. The van der Waals surface area contributed by atoms with Crippen LogP contribution in [0.2, 0.25) is 0 Å². The van der Waals surface area contributed by atoms with Crippen molar-refractivity contribution in [3.8, 4) is 0 Å². The Balaban J connectivity index is 1.96. The van der Waals surface area contributed by atoms with Crippen LogP contribution in [0.5, 0.6) is 0 Å². The van der Waals surface area contributed by atoms with E-state index in [1.54, 1.807) is 11.3 Å². The van der Waals surface area contributed by atoms with Crippen molar-refractivity contribution in [1.82, 2.24) is 10.3 Å². The molecule has 0 saturated carbocycles. The highest BCUT2D eigenvalue weighted by atomic mass is 32.1. The maximum atomic E-state index is 11.6. The zero-order chi connectivity index (χ0) is 11.8. The van der Waals surface area contributed by atoms with Crippen LogP contribution in [-0.2, 0) is 12.8 Å². The van der Waals surface area contributed by atoms with Crippen molar-refractivity contribution in [2.75, 3.05) is 5.32 Å². The summed E-state index contributed by atoms with van der Waals surface area (Å²) in [4.78, 5) is 17.3. The number of thiazole rings is 1. The van der Waals surface area contributed by atoms with Gasteiger partial charge in [-0.1, -0.05) is 0 Å². The third-order valence-corrected chi connectivity index (χ3v) is 3.38. The average Bonchev–Trinajstić information content (AvgIpc) is 2.58. The van der Waals surface area contributed by atoms with Gasteiger partial charge in [0, 0.05) is 10.4 Å². The molecule has 1 aromatic heterocycles. The summed E-state index contributed by atoms with van der Waals surface area (Å²) in [6, 6.07) is -0.181. The van der Waals surface area contributed by atoms with Crippen molar-refractivity contribution < 1.29 is 4.79 Å². The third kappa shape index (κ3) is 2.72. The van der Waals surface area contributed by atoms with Gasteiger partial charge in [-0.3, -0.25) is 5.32 Å². The smallest absolute Gasteiger partial charge is 0.321 e. The van der Waals surface area contributed by atoms with Gasteiger partial charge in [0.2, 0.25) is 0 Å². The Labute approximate surface area is 99.5 Å². The number of aryl methyl sites for hydroxylation is 2. The van der Waals surface area contributed by atoms with E-state index in [4.69, 9.17) is 0 Å². The van der Waals surface area contributed by atoms with Gasteiger partial charge >= 0.3 is 6.03 Å². The second-order valence-electron chi connectivity index (χ2n) is 5.07. The Kier molecular flexibility index (Phi) is 2.88. The van der Waals surface area contributed by atoms with E-state index >= 15 is 0 Å². The molecule has 88 valence electrons. The van der Waals surface area contributed by atoms with Gasteiger partial charge in [0.05, 0.1) is 5.69 Å². The average molecular weight is 239 g/mol. The summed E-state index contributed by atoms with van der Waals surface area (Å²) in [5.74, 6) is 0. The van der Waals surface area contributed by atoms with Gasteiger partial charge < -0.3 is 5.32 Å². The van der Waals surface area contributed by atoms with E-state index in [2.05, 4.69) is 15.6 Å². The molecular formula is C11H17N3OS. The first kappa shape index (κ1) is 11.4. The topological polar surface area (TPSA) is 54.0 Å². The number of amides is 2. The molecule has 0 atom stereocenters. The number of rotatable bonds is 1. The molecule has 0 unspecified atom stereocenters. The lowest BCUT2D eigenvalue weighted by Gasteiger charge is -2.20. The molecular weight excluding hydrogens is 222 g/mol. The quantitative estimate of drug-likeness (QED) is 0.791. The summed E-state index contributed by atoms with van der Waals surface area (Å²) in [6.45, 7) is 5.86. The lowest BCUT2D eigenvalue weighted by Crippen LogP contribution is -2.43. The van der Waals surface area contributed by atoms with Crippen molar-refractivity contribution in [2.24, 2.45) is 0 Å². The largest absolute Gasteiger partial charge is 0.333 e. The van der Waals surface area contributed by atoms with Gasteiger partial charge in [0.25, 0.3) is 0 Å². The van der Waals surface area contributed by atoms with Crippen LogP contribution >= 0.6 is 11.3 Å². The lowest BCUT2D eigenvalue weighted by molar-refractivity contribution is 0.244. The monoisotopic (exact) mass is 239 g/mol. The Bertz CT molecular complexity index is 384. The van der Waals surface area contributed by atoms with E-state index in [1.165, 1.54) is 11.3 Å². The zero-order valence-corrected chi connectivity index (χ0v) is 10.7. The van der Waals surface area contributed by atoms with E-state index in [-0.39, 0.29) is 11.6 Å². The van der Waals surface area contributed by atoms with Crippen LogP contribution in [0.4, 0.5) is 9.93 Å². The van der Waals surface area contributed by atoms with Crippen molar-refractivity contribution in [3.63, 3.8) is 0 Å². The number of anilines is 1. The first-order valence-electron chi connectivity index (χ1n) is 5.52. The Morgan fingerprint density at radius 3 is 2.75 bits per heavy atom. The number of carbonyl (C=O) groups is 1. The molecule has 2 amide bonds. The van der Waals surface area contributed by atoms with E-state index in [9.17, 15) is 4.79 Å². The lowest BCUT2D eigenvalue weighted by atomic mass is 10.1. The second-order valence-corrected chi connectivity index (χ2v) is 6.16. The molecule has 0 radical (unpaired) electrons. The minimum absolute atomic E-state index is 0.181. The van der Waals surface area contributed by atoms with Crippen LogP contribution in [0.25, 0.3) is 0 Å². The highest BCUT2D eigenvalue weighted by Gasteiger charge is 2.19. The number of carbonyl (C=O) groups excluding carboxylic acids is 1. The molecule has 1 heterocycles. The van der Waals surface area contributed by atoms with Crippen molar-refractivity contribution in [3.05, 3.63) is 10.6 Å². The molecule has 0 bridgehead atoms. The van der Waals surface area contributed by atoms with Crippen LogP contribution in [0.1, 0.15) is 37.8 Å². The van der Waals surface area contributed by atoms with Crippen LogP contribution in [0.3, 0.4) is 0 Å². The number of hydrogen-bond acceptors (Lipinski definition) is 3. The molecule has 1 aliphatic rings. The number of nitrogens with zero attached hydrogens (tertiary/aromatic N) is 1. The highest BCUT2D eigenvalue weighted by Crippen LogP contribution is 2.30. The van der Waals surface area contributed by atoms with Gasteiger partial charge in [0.15, 0.2) is 5.13 Å². The fraction of sp³-hybridized carbons (Fsp3) is 0.636. The molecule has 1 aromatic rings. The molecule has 0 saturated heterocycles. The molecule has 2 N–H and O–H groups in total. The number of fused-ring (bicyclic) bond motifs is 1. The summed E-state index contributed by atoms with van der Waals surface area (Å²) in [7, 11) is 0. The van der Waals surface area contributed by atoms with Crippen molar-refractivity contribution >= 4 is 22.5 Å². The molecule has 5 heteroatoms. The van der Waals surface area contributed by atoms with Gasteiger partial charge in [-0.05, 0) is 40.0 Å². The van der Waals surface area contributed by atoms with Gasteiger partial charge in [-0.2, -0.15) is 0 Å². The Morgan fingerprint density at radius 1 is 1.38 bits per heavy atom. The first-order chi connectivity index (χ1) is 7.44. The summed E-state index contributed by atoms with van der Waals surface area (Å²) in [6.07, 6.45) is 3.35. The van der Waals surface area contributed by atoms with Gasteiger partial charge in [0.1, 0.15) is 0 Å². The van der Waals surface area contributed by atoms with E-state index in [0.717, 1.165) is 18.5 Å². The molecule has 16 heavy (non-hydrogen) atoms. The molecule has 1 aliphatic carbocycles.